The van der Waals surface area contributed by atoms with Gasteiger partial charge < -0.3 is 10.6 Å². The van der Waals surface area contributed by atoms with Crippen molar-refractivity contribution in [2.75, 3.05) is 26.2 Å². The lowest BCUT2D eigenvalue weighted by atomic mass is 10.1. The largest absolute Gasteiger partial charge is 0.315 e. The van der Waals surface area contributed by atoms with Gasteiger partial charge in [-0.15, -0.1) is 4.52 Å². The first kappa shape index (κ1) is 39.7. The van der Waals surface area contributed by atoms with Gasteiger partial charge in [0.05, 0.1) is 59.7 Å². The fourth-order valence-corrected chi connectivity index (χ4v) is 10.3. The maximum Gasteiger partial charge on any atom is 0.260 e. The summed E-state index contributed by atoms with van der Waals surface area (Å²) < 4.78 is 40.1. The average Bonchev–Trinajstić information content (AvgIpc) is 4.13. The molecule has 2 aliphatic rings. The first-order valence-corrected chi connectivity index (χ1v) is 22.0. The Morgan fingerprint density at radius 1 is 0.710 bits per heavy atom. The zero-order valence-corrected chi connectivity index (χ0v) is 35.4. The maximum absolute atomic E-state index is 16.7. The van der Waals surface area contributed by atoms with Crippen LogP contribution in [0.1, 0.15) is 60.3 Å². The predicted octanol–water partition coefficient (Wildman–Crippen LogP) is 7.17. The lowest BCUT2D eigenvalue weighted by molar-refractivity contribution is -0.668. The van der Waals surface area contributed by atoms with Crippen molar-refractivity contribution in [1.82, 2.24) is 54.3 Å². The molecule has 0 radical (unpaired) electrons. The van der Waals surface area contributed by atoms with Crippen molar-refractivity contribution in [2.24, 2.45) is 0 Å². The molecule has 62 heavy (non-hydrogen) atoms. The smallest absolute Gasteiger partial charge is 0.260 e. The molecule has 2 saturated heterocycles. The fraction of sp³-hybridized carbons (Fsp3) is 0.273. The molecule has 0 amide bonds. The monoisotopic (exact) mass is 865 g/mol. The number of aromatic nitrogens is 10. The number of nitrogens with one attached hydrogen (secondary N) is 2. The number of piperidine rings is 2. The summed E-state index contributed by atoms with van der Waals surface area (Å²) in [6.45, 7) is 7.07. The van der Waals surface area contributed by atoms with Gasteiger partial charge in [-0.05, 0) is 76.9 Å². The van der Waals surface area contributed by atoms with Crippen molar-refractivity contribution < 1.29 is 13.5 Å². The molecule has 2 fully saturated rings. The molecule has 8 aromatic heterocycles. The summed E-state index contributed by atoms with van der Waals surface area (Å²) in [7, 11) is 0. The Kier molecular flexibility index (Phi) is 10.5. The minimum atomic E-state index is -0.588. The van der Waals surface area contributed by atoms with Gasteiger partial charge in [0.25, 0.3) is 5.69 Å². The lowest BCUT2D eigenvalue weighted by Gasteiger charge is -2.22. The highest BCUT2D eigenvalue weighted by Gasteiger charge is 2.28. The third-order valence-corrected chi connectivity index (χ3v) is 13.5. The van der Waals surface area contributed by atoms with Gasteiger partial charge in [0.1, 0.15) is 44.8 Å². The molecule has 0 aliphatic carbocycles. The molecule has 2 aliphatic heterocycles. The van der Waals surface area contributed by atoms with E-state index in [0.29, 0.717) is 48.4 Å². The first-order chi connectivity index (χ1) is 30.2. The molecule has 310 valence electrons. The second kappa shape index (κ2) is 16.4. The van der Waals surface area contributed by atoms with Gasteiger partial charge in [-0.1, -0.05) is 28.2 Å². The summed E-state index contributed by atoms with van der Waals surface area (Å²) >= 11 is 2.43. The number of halogens is 2. The molecule has 0 bridgehead atoms. The third-order valence-electron chi connectivity index (χ3n) is 11.5. The fourth-order valence-electron chi connectivity index (χ4n) is 8.27. The lowest BCUT2D eigenvalue weighted by Crippen LogP contribution is -2.37. The molecule has 2 N–H and O–H groups in total. The molecule has 0 aromatic carbocycles. The van der Waals surface area contributed by atoms with Crippen LogP contribution in [-0.4, -0.2) is 69.8 Å². The van der Waals surface area contributed by atoms with Gasteiger partial charge >= 0.3 is 0 Å². The van der Waals surface area contributed by atoms with E-state index >= 15 is 4.39 Å². The van der Waals surface area contributed by atoms with Crippen LogP contribution in [0.4, 0.5) is 8.78 Å². The topological polar surface area (TPSA) is 159 Å². The normalized spacial score (nSPS) is 16.8. The second-order valence-corrected chi connectivity index (χ2v) is 17.7. The Labute approximate surface area is 363 Å². The number of aryl methyl sites for hydroxylation is 2. The molecule has 8 aromatic rings. The Bertz CT molecular complexity index is 3100. The third kappa shape index (κ3) is 7.38. The van der Waals surface area contributed by atoms with Crippen molar-refractivity contribution in [3.8, 4) is 40.1 Å². The van der Waals surface area contributed by atoms with Crippen LogP contribution in [0.2, 0.25) is 0 Å². The van der Waals surface area contributed by atoms with Crippen LogP contribution >= 0.6 is 23.5 Å². The van der Waals surface area contributed by atoms with E-state index in [4.69, 9.17) is 10.1 Å². The first-order valence-electron chi connectivity index (χ1n) is 20.3. The van der Waals surface area contributed by atoms with E-state index in [-0.39, 0.29) is 22.8 Å². The Morgan fingerprint density at radius 2 is 1.37 bits per heavy atom. The van der Waals surface area contributed by atoms with Crippen LogP contribution in [0.3, 0.4) is 0 Å². The van der Waals surface area contributed by atoms with Gasteiger partial charge in [0.15, 0.2) is 5.82 Å². The minimum absolute atomic E-state index is 0.112. The van der Waals surface area contributed by atoms with E-state index in [1.165, 1.54) is 30.1 Å². The number of rotatable bonds is 9. The quantitative estimate of drug-likeness (QED) is 0.142. The summed E-state index contributed by atoms with van der Waals surface area (Å²) in [6, 6.07) is 13.4. The van der Waals surface area contributed by atoms with Crippen LogP contribution in [0.15, 0.2) is 99.7 Å². The van der Waals surface area contributed by atoms with Crippen molar-refractivity contribution in [3.63, 3.8) is 0 Å². The Balaban J connectivity index is 1.06. The summed E-state index contributed by atoms with van der Waals surface area (Å²) in [4.78, 5) is 10.6. The summed E-state index contributed by atoms with van der Waals surface area (Å²) in [5.41, 5.74) is 6.34. The van der Waals surface area contributed by atoms with Crippen LogP contribution in [0.25, 0.3) is 39.0 Å². The molecule has 10 heterocycles. The van der Waals surface area contributed by atoms with E-state index in [2.05, 4.69) is 38.0 Å². The number of hydrogen-bond donors (Lipinski definition) is 2. The van der Waals surface area contributed by atoms with Gasteiger partial charge in [0, 0.05) is 63.7 Å². The summed E-state index contributed by atoms with van der Waals surface area (Å²) in [5, 5.41) is 42.0. The van der Waals surface area contributed by atoms with Crippen LogP contribution in [-0.2, 0) is 0 Å². The van der Waals surface area contributed by atoms with Gasteiger partial charge in [-0.2, -0.15) is 25.8 Å². The number of pyridine rings is 4. The maximum atomic E-state index is 16.7. The Morgan fingerprint density at radius 3 is 2.00 bits per heavy atom. The molecular weight excluding hydrogens is 827 g/mol. The predicted molar refractivity (Wildman–Crippen MR) is 228 cm³/mol. The summed E-state index contributed by atoms with van der Waals surface area (Å²) in [5.74, 6) is -0.995. The van der Waals surface area contributed by atoms with Crippen molar-refractivity contribution in [2.45, 2.75) is 71.5 Å². The average molecular weight is 866 g/mol. The van der Waals surface area contributed by atoms with E-state index in [1.807, 2.05) is 63.2 Å². The highest BCUT2D eigenvalue weighted by atomic mass is 32.2. The van der Waals surface area contributed by atoms with Crippen molar-refractivity contribution >= 4 is 34.6 Å². The van der Waals surface area contributed by atoms with Gasteiger partial charge in [0.2, 0.25) is 6.20 Å². The second-order valence-electron chi connectivity index (χ2n) is 15.6. The molecule has 0 unspecified atom stereocenters. The SMILES string of the molecule is Cc1nc(Sc2cc(-c3cnn([C@H]4CCCNC4)c3)cn3c2c(C#N)c[n+]3-c2cc(F)c(Sc3cc(-c4cnn([C@H]5CCCNC5)c4)cn4ncc(C#N)c34)nc2C)ccc1F. The number of nitrogens with zero attached hydrogens (tertiary/aromatic N) is 12. The van der Waals surface area contributed by atoms with Crippen molar-refractivity contribution in [1.29, 1.82) is 10.5 Å². The van der Waals surface area contributed by atoms with E-state index < -0.39 is 11.6 Å². The van der Waals surface area contributed by atoms with Crippen LogP contribution < -0.4 is 15.3 Å². The van der Waals surface area contributed by atoms with Gasteiger partial charge in [-0.3, -0.25) is 9.36 Å². The number of hydrogen-bond acceptors (Lipinski definition) is 11. The number of nitriles is 2. The van der Waals surface area contributed by atoms with Crippen LogP contribution in [0, 0.1) is 48.1 Å². The molecule has 0 saturated carbocycles. The molecular formula is C44H39F2N14S2+. The molecule has 10 rings (SSSR count). The summed E-state index contributed by atoms with van der Waals surface area (Å²) in [6.07, 6.45) is 18.8. The van der Waals surface area contributed by atoms with E-state index in [0.717, 1.165) is 85.9 Å². The zero-order chi connectivity index (χ0) is 42.5. The standard InChI is InChI=1S/C44H39F2N14S2/c1-26-36(45)7-8-41(54-26)61-40-12-29(33-18-52-57(23-33)35-6-4-10-50-20-35)24-60-43(40)31(15-48)25-59(60)38-13-37(46)44(55-27(38)2)62-39-11-28(21-58-42(39)30(14-47)16-53-58)32-17-51-56(22-32)34-5-3-9-49-19-34/h7-8,11-13,16-18,21-25,34-35,49-50H,3-6,9-10,19-20H2,1-2H3/q+1/t34-,35-/m0/s1. The van der Waals surface area contributed by atoms with E-state index in [9.17, 15) is 14.9 Å². The zero-order valence-electron chi connectivity index (χ0n) is 33.8. The van der Waals surface area contributed by atoms with Crippen LogP contribution in [0.5, 0.6) is 0 Å². The molecule has 2 atom stereocenters. The highest BCUT2D eigenvalue weighted by Crippen LogP contribution is 2.39. The molecule has 14 nitrogen and oxygen atoms in total. The minimum Gasteiger partial charge on any atom is -0.315 e. The molecule has 18 heteroatoms. The van der Waals surface area contributed by atoms with Crippen molar-refractivity contribution in [3.05, 3.63) is 114 Å². The number of fused-ring (bicyclic) bond motifs is 2. The molecule has 0 spiro atoms. The van der Waals surface area contributed by atoms with E-state index in [1.54, 1.807) is 35.3 Å². The van der Waals surface area contributed by atoms with Gasteiger partial charge in [-0.25, -0.2) is 23.3 Å². The highest BCUT2D eigenvalue weighted by molar-refractivity contribution is 7.99. The Hall–Kier alpha value is -6.44.